The quantitative estimate of drug-likeness (QED) is 0.866. The third-order valence-corrected chi connectivity index (χ3v) is 4.42. The number of carbonyl (C=O) groups is 1. The van der Waals surface area contributed by atoms with Gasteiger partial charge in [0.15, 0.2) is 0 Å². The van der Waals surface area contributed by atoms with Crippen molar-refractivity contribution in [3.63, 3.8) is 0 Å². The number of likely N-dealkylation sites (tertiary alicyclic amines) is 1. The van der Waals surface area contributed by atoms with Crippen LogP contribution in [0.5, 0.6) is 5.75 Å². The Balaban J connectivity index is 1.75. The number of carbonyl (C=O) groups excluding carboxylic acids is 1. The molecule has 0 bridgehead atoms. The monoisotopic (exact) mass is 292 g/mol. The van der Waals surface area contributed by atoms with Crippen LogP contribution >= 0.6 is 11.3 Å². The molecule has 3 rings (SSSR count). The average Bonchev–Trinajstić information content (AvgIpc) is 3.17. The van der Waals surface area contributed by atoms with Gasteiger partial charge >= 0.3 is 0 Å². The first-order valence-electron chi connectivity index (χ1n) is 6.54. The minimum Gasteiger partial charge on any atom is -0.495 e. The number of thiophene rings is 1. The molecule has 0 radical (unpaired) electrons. The second kappa shape index (κ2) is 5.62. The Morgan fingerprint density at radius 1 is 1.55 bits per heavy atom. The highest BCUT2D eigenvalue weighted by atomic mass is 32.1. The first-order valence-corrected chi connectivity index (χ1v) is 7.42. The molecule has 3 heterocycles. The summed E-state index contributed by atoms with van der Waals surface area (Å²) >= 11 is 1.42. The Morgan fingerprint density at radius 3 is 3.20 bits per heavy atom. The minimum absolute atomic E-state index is 0.0432. The molecule has 1 fully saturated rings. The minimum atomic E-state index is 0.0432. The molecule has 0 unspecified atom stereocenters. The number of methoxy groups -OCH3 is 1. The van der Waals surface area contributed by atoms with E-state index in [1.807, 2.05) is 21.0 Å². The third-order valence-electron chi connectivity index (χ3n) is 3.54. The summed E-state index contributed by atoms with van der Waals surface area (Å²) in [5, 5.41) is 6.06. The van der Waals surface area contributed by atoms with E-state index < -0.39 is 0 Å². The standard InChI is InChI=1S/C13H16N4O2S/c1-19-11-4-6-20-12(11)13(18)16-5-2-3-10(7-16)17-9-14-8-15-17/h4,6,8-10H,2-3,5,7H2,1H3/t10-/m0/s1. The number of hydrogen-bond donors (Lipinski definition) is 0. The molecule has 1 aliphatic rings. The molecule has 6 nitrogen and oxygen atoms in total. The topological polar surface area (TPSA) is 60.2 Å². The molecule has 1 amide bonds. The number of nitrogens with zero attached hydrogens (tertiary/aromatic N) is 4. The van der Waals surface area contributed by atoms with Crippen LogP contribution in [0, 0.1) is 0 Å². The molecular weight excluding hydrogens is 276 g/mol. The first-order chi connectivity index (χ1) is 9.79. The van der Waals surface area contributed by atoms with E-state index in [9.17, 15) is 4.79 Å². The zero-order valence-corrected chi connectivity index (χ0v) is 12.0. The van der Waals surface area contributed by atoms with E-state index in [2.05, 4.69) is 10.1 Å². The smallest absolute Gasteiger partial charge is 0.267 e. The predicted octanol–water partition coefficient (Wildman–Crippen LogP) is 1.83. The second-order valence-electron chi connectivity index (χ2n) is 4.74. The number of ether oxygens (including phenoxy) is 1. The Hall–Kier alpha value is -1.89. The lowest BCUT2D eigenvalue weighted by atomic mass is 10.1. The van der Waals surface area contributed by atoms with Gasteiger partial charge in [0.2, 0.25) is 0 Å². The SMILES string of the molecule is COc1ccsc1C(=O)N1CCC[C@H](n2cncn2)C1. The van der Waals surface area contributed by atoms with Crippen LogP contribution in [0.15, 0.2) is 24.1 Å². The second-order valence-corrected chi connectivity index (χ2v) is 5.66. The van der Waals surface area contributed by atoms with Gasteiger partial charge in [0.25, 0.3) is 5.91 Å². The summed E-state index contributed by atoms with van der Waals surface area (Å²) in [5.41, 5.74) is 0. The van der Waals surface area contributed by atoms with Gasteiger partial charge in [0.05, 0.1) is 13.2 Å². The molecule has 0 aliphatic carbocycles. The van der Waals surface area contributed by atoms with E-state index in [0.717, 1.165) is 19.4 Å². The van der Waals surface area contributed by atoms with Gasteiger partial charge in [0, 0.05) is 13.1 Å². The van der Waals surface area contributed by atoms with Crippen LogP contribution in [0.2, 0.25) is 0 Å². The highest BCUT2D eigenvalue weighted by Gasteiger charge is 2.28. The van der Waals surface area contributed by atoms with Gasteiger partial charge in [-0.05, 0) is 24.3 Å². The Morgan fingerprint density at radius 2 is 2.45 bits per heavy atom. The highest BCUT2D eigenvalue weighted by molar-refractivity contribution is 7.12. The average molecular weight is 292 g/mol. The maximum atomic E-state index is 12.6. The van der Waals surface area contributed by atoms with Crippen LogP contribution in [0.25, 0.3) is 0 Å². The van der Waals surface area contributed by atoms with Crippen molar-refractivity contribution < 1.29 is 9.53 Å². The van der Waals surface area contributed by atoms with Crippen molar-refractivity contribution in [3.05, 3.63) is 29.0 Å². The summed E-state index contributed by atoms with van der Waals surface area (Å²) in [6.45, 7) is 1.45. The van der Waals surface area contributed by atoms with Crippen LogP contribution in [0.1, 0.15) is 28.6 Å². The molecule has 1 saturated heterocycles. The van der Waals surface area contributed by atoms with E-state index in [0.29, 0.717) is 17.2 Å². The third kappa shape index (κ3) is 2.40. The summed E-state index contributed by atoms with van der Waals surface area (Å²) < 4.78 is 7.07. The van der Waals surface area contributed by atoms with Crippen molar-refractivity contribution in [3.8, 4) is 5.75 Å². The van der Waals surface area contributed by atoms with Crippen LogP contribution in [-0.4, -0.2) is 45.8 Å². The van der Waals surface area contributed by atoms with Crippen LogP contribution in [0.4, 0.5) is 0 Å². The zero-order valence-electron chi connectivity index (χ0n) is 11.2. The molecule has 1 atom stereocenters. The molecule has 7 heteroatoms. The maximum absolute atomic E-state index is 12.6. The fourth-order valence-electron chi connectivity index (χ4n) is 2.52. The lowest BCUT2D eigenvalue weighted by Gasteiger charge is -2.32. The lowest BCUT2D eigenvalue weighted by molar-refractivity contribution is 0.0674. The van der Waals surface area contributed by atoms with Gasteiger partial charge in [0.1, 0.15) is 23.3 Å². The van der Waals surface area contributed by atoms with Crippen LogP contribution in [0.3, 0.4) is 0 Å². The molecule has 1 aliphatic heterocycles. The van der Waals surface area contributed by atoms with E-state index in [-0.39, 0.29) is 11.9 Å². The molecular formula is C13H16N4O2S. The van der Waals surface area contributed by atoms with Gasteiger partial charge in [-0.25, -0.2) is 9.67 Å². The van der Waals surface area contributed by atoms with E-state index in [1.54, 1.807) is 13.4 Å². The fraction of sp³-hybridized carbons (Fsp3) is 0.462. The normalized spacial score (nSPS) is 19.1. The summed E-state index contributed by atoms with van der Waals surface area (Å²) in [5.74, 6) is 0.699. The summed E-state index contributed by atoms with van der Waals surface area (Å²) in [6.07, 6.45) is 5.24. The lowest BCUT2D eigenvalue weighted by Crippen LogP contribution is -2.40. The van der Waals surface area contributed by atoms with Gasteiger partial charge in [-0.2, -0.15) is 5.10 Å². The first kappa shape index (κ1) is 13.1. The van der Waals surface area contributed by atoms with Crippen LogP contribution in [-0.2, 0) is 0 Å². The van der Waals surface area contributed by atoms with Crippen molar-refractivity contribution >= 4 is 17.2 Å². The van der Waals surface area contributed by atoms with Crippen molar-refractivity contribution in [1.82, 2.24) is 19.7 Å². The molecule has 0 spiro atoms. The Labute approximate surface area is 121 Å². The molecule has 2 aromatic heterocycles. The molecule has 0 N–H and O–H groups in total. The summed E-state index contributed by atoms with van der Waals surface area (Å²) in [6, 6.07) is 2.04. The Bertz CT molecular complexity index is 581. The van der Waals surface area contributed by atoms with E-state index in [4.69, 9.17) is 4.74 Å². The largest absolute Gasteiger partial charge is 0.495 e. The van der Waals surface area contributed by atoms with E-state index in [1.165, 1.54) is 17.7 Å². The molecule has 2 aromatic rings. The fourth-order valence-corrected chi connectivity index (χ4v) is 3.34. The molecule has 0 saturated carbocycles. The van der Waals surface area contributed by atoms with E-state index >= 15 is 0 Å². The Kier molecular flexibility index (Phi) is 3.68. The van der Waals surface area contributed by atoms with Crippen LogP contribution < -0.4 is 4.74 Å². The zero-order chi connectivity index (χ0) is 13.9. The number of piperidine rings is 1. The van der Waals surface area contributed by atoms with Gasteiger partial charge in [-0.3, -0.25) is 4.79 Å². The van der Waals surface area contributed by atoms with Crippen molar-refractivity contribution in [2.45, 2.75) is 18.9 Å². The summed E-state index contributed by atoms with van der Waals surface area (Å²) in [4.78, 5) is 19.1. The molecule has 0 aromatic carbocycles. The van der Waals surface area contributed by atoms with Gasteiger partial charge in [-0.15, -0.1) is 11.3 Å². The van der Waals surface area contributed by atoms with Gasteiger partial charge in [-0.1, -0.05) is 0 Å². The highest BCUT2D eigenvalue weighted by Crippen LogP contribution is 2.28. The number of hydrogen-bond acceptors (Lipinski definition) is 5. The molecule has 20 heavy (non-hydrogen) atoms. The van der Waals surface area contributed by atoms with Gasteiger partial charge < -0.3 is 9.64 Å². The van der Waals surface area contributed by atoms with Crippen molar-refractivity contribution in [2.75, 3.05) is 20.2 Å². The maximum Gasteiger partial charge on any atom is 0.267 e. The molecule has 106 valence electrons. The number of amides is 1. The number of aromatic nitrogens is 3. The number of rotatable bonds is 3. The van der Waals surface area contributed by atoms with Crippen molar-refractivity contribution in [2.24, 2.45) is 0 Å². The predicted molar refractivity (Wildman–Crippen MR) is 75.1 cm³/mol. The van der Waals surface area contributed by atoms with Crippen molar-refractivity contribution in [1.29, 1.82) is 0 Å². The summed E-state index contributed by atoms with van der Waals surface area (Å²) in [7, 11) is 1.59.